The van der Waals surface area contributed by atoms with Crippen LogP contribution in [0.5, 0.6) is 0 Å². The van der Waals surface area contributed by atoms with Crippen LogP contribution in [-0.2, 0) is 24.2 Å². The second kappa shape index (κ2) is 8.77. The summed E-state index contributed by atoms with van der Waals surface area (Å²) in [4.78, 5) is 46.1. The van der Waals surface area contributed by atoms with Crippen molar-refractivity contribution < 1.29 is 23.5 Å². The number of carbonyl (C=O) groups excluding carboxylic acids is 3. The Hall–Kier alpha value is -2.45. The lowest BCUT2D eigenvalue weighted by atomic mass is 9.54. The number of hydrogen-bond donors (Lipinski definition) is 0. The number of carbonyl (C=O) groups is 3. The Morgan fingerprint density at radius 3 is 2.46 bits per heavy atom. The number of amides is 2. The Bertz CT molecular complexity index is 1260. The van der Waals surface area contributed by atoms with Crippen molar-refractivity contribution in [3.63, 3.8) is 0 Å². The molecule has 2 aliphatic carbocycles. The van der Waals surface area contributed by atoms with E-state index in [-0.39, 0.29) is 35.7 Å². The van der Waals surface area contributed by atoms with Gasteiger partial charge in [-0.25, -0.2) is 9.69 Å². The van der Waals surface area contributed by atoms with Crippen molar-refractivity contribution >= 4 is 31.8 Å². The van der Waals surface area contributed by atoms with Crippen LogP contribution in [0, 0.1) is 11.3 Å². The van der Waals surface area contributed by atoms with Crippen LogP contribution in [-0.4, -0.2) is 55.3 Å². The largest absolute Gasteiger partial charge is 0.443 e. The summed E-state index contributed by atoms with van der Waals surface area (Å²) in [5, 5.41) is 0. The van der Waals surface area contributed by atoms with E-state index in [1.165, 1.54) is 0 Å². The molecule has 2 unspecified atom stereocenters. The van der Waals surface area contributed by atoms with E-state index < -0.39 is 31.3 Å². The quantitative estimate of drug-likeness (QED) is 0.335. The summed E-state index contributed by atoms with van der Waals surface area (Å²) in [5.41, 5.74) is 0.420. The highest BCUT2D eigenvalue weighted by Gasteiger charge is 2.77. The second-order valence-electron chi connectivity index (χ2n) is 13.2. The fraction of sp³-hybridized carbons (Fsp3) is 0.645. The molecule has 4 bridgehead atoms. The zero-order valence-corrected chi connectivity index (χ0v) is 25.2. The minimum absolute atomic E-state index is 0.0406. The number of nitrogens with zero attached hydrogens (tertiary/aromatic N) is 2. The van der Waals surface area contributed by atoms with Crippen LogP contribution in [0.4, 0.5) is 10.5 Å². The van der Waals surface area contributed by atoms with Crippen molar-refractivity contribution in [1.29, 1.82) is 0 Å². The smallest absolute Gasteiger partial charge is 0.419 e. The van der Waals surface area contributed by atoms with Crippen LogP contribution in [0.25, 0.3) is 0 Å². The number of allylic oxidation sites excluding steroid dienone is 1. The molecule has 3 aliphatic heterocycles. The molecule has 0 N–H and O–H groups in total. The Morgan fingerprint density at radius 1 is 1.10 bits per heavy atom. The SMILES string of the molecule is CC[Si](CC)(CC)OC1CC(=O)[C@H]2C(=O)N3CCCC14CC=C1N(C(=O)OC(C)(C)C)c5ccccc5[C@]12[C@@H]34. The number of para-hydroxylation sites is 1. The number of ether oxygens (including phenoxy) is 1. The van der Waals surface area contributed by atoms with Gasteiger partial charge in [0.25, 0.3) is 0 Å². The number of anilines is 1. The van der Waals surface area contributed by atoms with Crippen molar-refractivity contribution in [3.05, 3.63) is 41.6 Å². The molecule has 1 saturated carbocycles. The Kier molecular flexibility index (Phi) is 6.02. The Labute approximate surface area is 233 Å². The van der Waals surface area contributed by atoms with Gasteiger partial charge in [0.15, 0.2) is 8.32 Å². The highest BCUT2D eigenvalue weighted by Crippen LogP contribution is 2.70. The molecule has 0 radical (unpaired) electrons. The first-order valence-electron chi connectivity index (χ1n) is 14.8. The van der Waals surface area contributed by atoms with Gasteiger partial charge >= 0.3 is 6.09 Å². The average Bonchev–Trinajstić information content (AvgIpc) is 3.33. The Balaban J connectivity index is 1.59. The van der Waals surface area contributed by atoms with Gasteiger partial charge in [0.05, 0.1) is 23.2 Å². The van der Waals surface area contributed by atoms with Gasteiger partial charge in [-0.2, -0.15) is 0 Å². The van der Waals surface area contributed by atoms with Gasteiger partial charge in [0.1, 0.15) is 17.3 Å². The van der Waals surface area contributed by atoms with Gasteiger partial charge in [-0.3, -0.25) is 9.59 Å². The normalized spacial score (nSPS) is 33.0. The van der Waals surface area contributed by atoms with E-state index >= 15 is 0 Å². The third-order valence-corrected chi connectivity index (χ3v) is 15.1. The molecule has 1 spiro atoms. The van der Waals surface area contributed by atoms with Crippen LogP contribution < -0.4 is 4.90 Å². The summed E-state index contributed by atoms with van der Waals surface area (Å²) in [6, 6.07) is 10.7. The first-order chi connectivity index (χ1) is 18.5. The van der Waals surface area contributed by atoms with Gasteiger partial charge in [-0.1, -0.05) is 45.0 Å². The molecule has 5 atom stereocenters. The zero-order chi connectivity index (χ0) is 28.0. The molecular formula is C31H42N2O5Si. The fourth-order valence-electron chi connectivity index (χ4n) is 8.76. The van der Waals surface area contributed by atoms with Gasteiger partial charge in [0, 0.05) is 24.1 Å². The summed E-state index contributed by atoms with van der Waals surface area (Å²) in [5.74, 6) is -0.970. The van der Waals surface area contributed by atoms with Crippen molar-refractivity contribution in [3.8, 4) is 0 Å². The number of Topliss-reactive ketones (excluding diaryl/α,β-unsaturated/α-hetero) is 1. The summed E-state index contributed by atoms with van der Waals surface area (Å²) < 4.78 is 13.2. The lowest BCUT2D eigenvalue weighted by Crippen LogP contribution is -2.64. The van der Waals surface area contributed by atoms with Crippen molar-refractivity contribution in [2.75, 3.05) is 11.4 Å². The van der Waals surface area contributed by atoms with E-state index in [4.69, 9.17) is 9.16 Å². The fourth-order valence-corrected chi connectivity index (χ4v) is 11.7. The molecule has 3 heterocycles. The van der Waals surface area contributed by atoms with Crippen LogP contribution in [0.1, 0.15) is 72.8 Å². The minimum atomic E-state index is -2.05. The number of hydrogen-bond acceptors (Lipinski definition) is 5. The molecule has 6 rings (SSSR count). The first-order valence-corrected chi connectivity index (χ1v) is 17.4. The lowest BCUT2D eigenvalue weighted by Gasteiger charge is -2.57. The topological polar surface area (TPSA) is 76.2 Å². The molecule has 8 heteroatoms. The monoisotopic (exact) mass is 550 g/mol. The van der Waals surface area contributed by atoms with Crippen LogP contribution in [0.2, 0.25) is 18.1 Å². The molecule has 1 aromatic carbocycles. The molecule has 2 amide bonds. The molecule has 3 fully saturated rings. The number of benzene rings is 1. The maximum absolute atomic E-state index is 14.4. The molecule has 210 valence electrons. The van der Waals surface area contributed by atoms with E-state index in [1.807, 2.05) is 49.9 Å². The molecular weight excluding hydrogens is 508 g/mol. The maximum Gasteiger partial charge on any atom is 0.419 e. The van der Waals surface area contributed by atoms with Gasteiger partial charge in [-0.05, 0) is 69.8 Å². The second-order valence-corrected chi connectivity index (χ2v) is 17.9. The zero-order valence-electron chi connectivity index (χ0n) is 24.2. The molecule has 1 aromatic rings. The van der Waals surface area contributed by atoms with Crippen molar-refractivity contribution in [2.24, 2.45) is 11.3 Å². The molecule has 7 nitrogen and oxygen atoms in total. The van der Waals surface area contributed by atoms with E-state index in [2.05, 4.69) is 26.8 Å². The van der Waals surface area contributed by atoms with Crippen molar-refractivity contribution in [2.45, 2.75) is 109 Å². The summed E-state index contributed by atoms with van der Waals surface area (Å²) in [6.45, 7) is 12.9. The average molecular weight is 551 g/mol. The summed E-state index contributed by atoms with van der Waals surface area (Å²) in [7, 11) is -2.05. The van der Waals surface area contributed by atoms with E-state index in [0.717, 1.165) is 47.9 Å². The number of ketones is 1. The van der Waals surface area contributed by atoms with E-state index in [9.17, 15) is 14.4 Å². The molecule has 2 saturated heterocycles. The summed E-state index contributed by atoms with van der Waals surface area (Å²) >= 11 is 0. The van der Waals surface area contributed by atoms with E-state index in [0.29, 0.717) is 13.0 Å². The number of fused-ring (bicyclic) bond motifs is 1. The highest BCUT2D eigenvalue weighted by molar-refractivity contribution is 6.73. The summed E-state index contributed by atoms with van der Waals surface area (Å²) in [6.07, 6.45) is 4.24. The third-order valence-electron chi connectivity index (χ3n) is 10.5. The number of piperidine rings is 1. The minimum Gasteiger partial charge on any atom is -0.443 e. The maximum atomic E-state index is 14.4. The standard InChI is InChI=1S/C31H42N2O5Si/c1-7-39(8-2,9-3)38-24-19-22(34)25-26(35)32-18-12-16-30(24)17-15-23-31(25,27(30)32)20-13-10-11-14-21(20)33(23)28(36)37-29(4,5)6/h10-11,13-15,24-25,27H,7-9,12,16-19H2,1-6H3/t24?,25-,27-,30?,31-/m0/s1. The lowest BCUT2D eigenvalue weighted by molar-refractivity contribution is -0.146. The predicted octanol–water partition coefficient (Wildman–Crippen LogP) is 5.94. The predicted molar refractivity (Wildman–Crippen MR) is 152 cm³/mol. The van der Waals surface area contributed by atoms with Gasteiger partial charge in [0.2, 0.25) is 5.91 Å². The van der Waals surface area contributed by atoms with Crippen LogP contribution in [0.15, 0.2) is 36.0 Å². The van der Waals surface area contributed by atoms with Gasteiger partial charge in [-0.15, -0.1) is 0 Å². The van der Waals surface area contributed by atoms with Crippen LogP contribution >= 0.6 is 0 Å². The highest BCUT2D eigenvalue weighted by atomic mass is 28.4. The molecule has 0 aromatic heterocycles. The number of rotatable bonds is 5. The Morgan fingerprint density at radius 2 is 1.79 bits per heavy atom. The molecule has 5 aliphatic rings. The third kappa shape index (κ3) is 3.40. The van der Waals surface area contributed by atoms with Gasteiger partial charge < -0.3 is 14.1 Å². The van der Waals surface area contributed by atoms with Crippen molar-refractivity contribution in [1.82, 2.24) is 4.90 Å². The van der Waals surface area contributed by atoms with E-state index in [1.54, 1.807) is 4.90 Å². The van der Waals surface area contributed by atoms with Crippen LogP contribution in [0.3, 0.4) is 0 Å². The first kappa shape index (κ1) is 26.8. The molecule has 39 heavy (non-hydrogen) atoms.